The van der Waals surface area contributed by atoms with Crippen molar-refractivity contribution < 1.29 is 19.4 Å². The monoisotopic (exact) mass is 326 g/mol. The third-order valence-electron chi connectivity index (χ3n) is 3.94. The zero-order valence-electron chi connectivity index (χ0n) is 13.5. The summed E-state index contributed by atoms with van der Waals surface area (Å²) in [6, 6.07) is 11.9. The summed E-state index contributed by atoms with van der Waals surface area (Å²) in [4.78, 5) is 27.5. The molecular formula is C18H18N2O4. The van der Waals surface area contributed by atoms with Crippen molar-refractivity contribution in [3.8, 4) is 11.5 Å². The molecule has 0 fully saturated rings. The summed E-state index contributed by atoms with van der Waals surface area (Å²) in [5.41, 5.74) is 2.43. The molecule has 2 aromatic carbocycles. The fourth-order valence-electron chi connectivity index (χ4n) is 2.59. The molecule has 1 aliphatic rings. The number of nitrogens with zero attached hydrogens (tertiary/aromatic N) is 2. The predicted octanol–water partition coefficient (Wildman–Crippen LogP) is 2.09. The molecule has 6 nitrogen and oxygen atoms in total. The number of likely N-dealkylation sites (N-methyl/N-ethyl adjacent to an activating group) is 1. The van der Waals surface area contributed by atoms with Crippen molar-refractivity contribution in [1.82, 2.24) is 0 Å². The van der Waals surface area contributed by atoms with Crippen LogP contribution in [0.2, 0.25) is 0 Å². The van der Waals surface area contributed by atoms with Gasteiger partial charge in [0.15, 0.2) is 5.75 Å². The van der Waals surface area contributed by atoms with Crippen molar-refractivity contribution in [1.29, 1.82) is 0 Å². The number of phenols is 1. The number of fused-ring (bicyclic) bond motifs is 1. The van der Waals surface area contributed by atoms with Crippen LogP contribution in [0.1, 0.15) is 5.56 Å². The smallest absolute Gasteiger partial charge is 0.331 e. The Balaban J connectivity index is 1.80. The van der Waals surface area contributed by atoms with Crippen molar-refractivity contribution in [3.05, 3.63) is 48.0 Å². The molecule has 0 atom stereocenters. The number of anilines is 2. The number of carbonyl (C=O) groups excluding carboxylic acids is 2. The lowest BCUT2D eigenvalue weighted by molar-refractivity contribution is -0.133. The van der Waals surface area contributed by atoms with Crippen LogP contribution in [0.25, 0.3) is 0 Å². The molecule has 3 rings (SSSR count). The fourth-order valence-corrected chi connectivity index (χ4v) is 2.59. The molecule has 0 unspecified atom stereocenters. The molecule has 0 saturated carbocycles. The molecule has 1 heterocycles. The van der Waals surface area contributed by atoms with Crippen molar-refractivity contribution >= 4 is 23.3 Å². The van der Waals surface area contributed by atoms with E-state index in [1.807, 2.05) is 19.1 Å². The zero-order valence-corrected chi connectivity index (χ0v) is 13.5. The van der Waals surface area contributed by atoms with Crippen LogP contribution in [0.15, 0.2) is 42.5 Å². The first-order valence-electron chi connectivity index (χ1n) is 7.56. The lowest BCUT2D eigenvalue weighted by Crippen LogP contribution is -2.44. The Morgan fingerprint density at radius 2 is 1.96 bits per heavy atom. The Morgan fingerprint density at radius 3 is 2.67 bits per heavy atom. The Bertz CT molecular complexity index is 786. The highest BCUT2D eigenvalue weighted by molar-refractivity contribution is 5.97. The summed E-state index contributed by atoms with van der Waals surface area (Å²) >= 11 is 0. The van der Waals surface area contributed by atoms with E-state index in [-0.39, 0.29) is 30.7 Å². The zero-order chi connectivity index (χ0) is 17.3. The lowest BCUT2D eigenvalue weighted by Gasteiger charge is -2.31. The van der Waals surface area contributed by atoms with E-state index in [1.165, 1.54) is 17.0 Å². The van der Waals surface area contributed by atoms with E-state index in [0.717, 1.165) is 11.3 Å². The highest BCUT2D eigenvalue weighted by Gasteiger charge is 2.26. The molecule has 6 heteroatoms. The van der Waals surface area contributed by atoms with Crippen LogP contribution in [0, 0.1) is 6.92 Å². The van der Waals surface area contributed by atoms with Gasteiger partial charge in [-0.25, -0.2) is 4.79 Å². The molecule has 2 aromatic rings. The second-order valence-electron chi connectivity index (χ2n) is 5.77. The van der Waals surface area contributed by atoms with Gasteiger partial charge < -0.3 is 19.6 Å². The normalized spacial score (nSPS) is 13.2. The van der Waals surface area contributed by atoms with E-state index < -0.39 is 0 Å². The summed E-state index contributed by atoms with van der Waals surface area (Å²) in [7, 11) is 1.66. The van der Waals surface area contributed by atoms with Gasteiger partial charge in [-0.15, -0.1) is 0 Å². The largest absolute Gasteiger partial charge is 0.508 e. The summed E-state index contributed by atoms with van der Waals surface area (Å²) < 4.78 is 5.22. The van der Waals surface area contributed by atoms with Crippen LogP contribution in [-0.2, 0) is 9.59 Å². The number of esters is 1. The van der Waals surface area contributed by atoms with Crippen molar-refractivity contribution in [2.75, 3.05) is 29.9 Å². The van der Waals surface area contributed by atoms with Gasteiger partial charge in [0.25, 0.3) is 0 Å². The molecule has 24 heavy (non-hydrogen) atoms. The number of rotatable bonds is 3. The number of aromatic hydroxyl groups is 1. The highest BCUT2D eigenvalue weighted by atomic mass is 16.5. The van der Waals surface area contributed by atoms with E-state index in [9.17, 15) is 14.7 Å². The van der Waals surface area contributed by atoms with Gasteiger partial charge in [0.05, 0.1) is 12.2 Å². The fraction of sp³-hybridized carbons (Fsp3) is 0.222. The van der Waals surface area contributed by atoms with Gasteiger partial charge in [-0.05, 0) is 48.9 Å². The van der Waals surface area contributed by atoms with Crippen molar-refractivity contribution in [2.24, 2.45) is 0 Å². The number of hydrogen-bond acceptors (Lipinski definition) is 5. The third-order valence-corrected chi connectivity index (χ3v) is 3.94. The van der Waals surface area contributed by atoms with Crippen LogP contribution in [0.3, 0.4) is 0 Å². The number of benzene rings is 2. The van der Waals surface area contributed by atoms with Crippen molar-refractivity contribution in [3.63, 3.8) is 0 Å². The molecule has 124 valence electrons. The molecule has 1 N–H and O–H groups in total. The first kappa shape index (κ1) is 15.9. The number of aryl methyl sites for hydroxylation is 1. The second-order valence-corrected chi connectivity index (χ2v) is 5.77. The van der Waals surface area contributed by atoms with Crippen molar-refractivity contribution in [2.45, 2.75) is 6.92 Å². The second kappa shape index (κ2) is 6.23. The van der Waals surface area contributed by atoms with Gasteiger partial charge in [0.1, 0.15) is 12.3 Å². The van der Waals surface area contributed by atoms with E-state index in [4.69, 9.17) is 4.74 Å². The van der Waals surface area contributed by atoms with Crippen LogP contribution >= 0.6 is 0 Å². The lowest BCUT2D eigenvalue weighted by atomic mass is 10.1. The summed E-state index contributed by atoms with van der Waals surface area (Å²) in [6.07, 6.45) is 0. The molecule has 1 amide bonds. The summed E-state index contributed by atoms with van der Waals surface area (Å²) in [5, 5.41) is 9.34. The minimum Gasteiger partial charge on any atom is -0.508 e. The maximum Gasteiger partial charge on any atom is 0.331 e. The molecule has 0 radical (unpaired) electrons. The predicted molar refractivity (Wildman–Crippen MR) is 90.5 cm³/mol. The van der Waals surface area contributed by atoms with E-state index in [0.29, 0.717) is 11.4 Å². The molecule has 0 aliphatic carbocycles. The Morgan fingerprint density at radius 1 is 1.25 bits per heavy atom. The van der Waals surface area contributed by atoms with Crippen LogP contribution < -0.4 is 14.5 Å². The number of hydrogen-bond donors (Lipinski definition) is 1. The van der Waals surface area contributed by atoms with E-state index >= 15 is 0 Å². The highest BCUT2D eigenvalue weighted by Crippen LogP contribution is 2.32. The van der Waals surface area contributed by atoms with Gasteiger partial charge in [-0.2, -0.15) is 0 Å². The molecule has 0 saturated heterocycles. The average molecular weight is 326 g/mol. The van der Waals surface area contributed by atoms with Gasteiger partial charge in [-0.3, -0.25) is 4.79 Å². The first-order valence-corrected chi connectivity index (χ1v) is 7.56. The van der Waals surface area contributed by atoms with Gasteiger partial charge in [-0.1, -0.05) is 6.07 Å². The van der Waals surface area contributed by atoms with Gasteiger partial charge in [0, 0.05) is 12.7 Å². The van der Waals surface area contributed by atoms with Gasteiger partial charge >= 0.3 is 5.97 Å². The third kappa shape index (κ3) is 3.17. The SMILES string of the molecule is Cc1ccc2c(c1)N(CC(=O)N(C)c1ccc(O)cc1)CC(=O)O2. The van der Waals surface area contributed by atoms with Crippen LogP contribution in [0.4, 0.5) is 11.4 Å². The Hall–Kier alpha value is -3.02. The number of ether oxygens (including phenoxy) is 1. The Labute approximate surface area is 139 Å². The van der Waals surface area contributed by atoms with Crippen LogP contribution in [-0.4, -0.2) is 37.1 Å². The minimum atomic E-state index is -0.383. The van der Waals surface area contributed by atoms with Gasteiger partial charge in [0.2, 0.25) is 5.91 Å². The minimum absolute atomic E-state index is 0.0333. The quantitative estimate of drug-likeness (QED) is 0.691. The van der Waals surface area contributed by atoms with E-state index in [1.54, 1.807) is 30.1 Å². The molecule has 0 aromatic heterocycles. The molecule has 0 bridgehead atoms. The van der Waals surface area contributed by atoms with E-state index in [2.05, 4.69) is 0 Å². The molecule has 0 spiro atoms. The topological polar surface area (TPSA) is 70.1 Å². The Kier molecular flexibility index (Phi) is 4.12. The number of carbonyl (C=O) groups is 2. The first-order chi connectivity index (χ1) is 11.4. The maximum atomic E-state index is 12.6. The summed E-state index contributed by atoms with van der Waals surface area (Å²) in [6.45, 7) is 2.04. The maximum absolute atomic E-state index is 12.6. The number of phenolic OH excluding ortho intramolecular Hbond substituents is 1. The standard InChI is InChI=1S/C18H18N2O4/c1-12-3-8-16-15(9-12)20(11-18(23)24-16)10-17(22)19(2)13-4-6-14(21)7-5-13/h3-9,21H,10-11H2,1-2H3. The molecule has 1 aliphatic heterocycles. The number of amides is 1. The van der Waals surface area contributed by atoms with Crippen LogP contribution in [0.5, 0.6) is 11.5 Å². The summed E-state index contributed by atoms with van der Waals surface area (Å²) in [5.74, 6) is 0.0639. The average Bonchev–Trinajstić information content (AvgIpc) is 2.55. The molecular weight excluding hydrogens is 308 g/mol.